The molecular weight excluding hydrogens is 306 g/mol. The lowest BCUT2D eigenvalue weighted by molar-refractivity contribution is 0.00355. The normalized spacial score (nSPS) is 18.1. The number of alkyl halides is 1. The third kappa shape index (κ3) is 3.86. The Balaban J connectivity index is 1.99. The zero-order chi connectivity index (χ0) is 13.7. The molecule has 1 aliphatic heterocycles. The van der Waals surface area contributed by atoms with E-state index in [4.69, 9.17) is 9.47 Å². The van der Waals surface area contributed by atoms with Crippen molar-refractivity contribution in [1.82, 2.24) is 0 Å². The standard InChI is InChI=1S/C15H22BrNO2/c1-17(2)13-4-3-5-14(10-13)19-12-15(11-16)6-8-18-9-7-15/h3-5,10H,6-9,11-12H2,1-2H3. The SMILES string of the molecule is CN(C)c1cccc(OCC2(CBr)CCOCC2)c1. The average Bonchev–Trinajstić information content (AvgIpc) is 2.46. The molecule has 1 aromatic carbocycles. The summed E-state index contributed by atoms with van der Waals surface area (Å²) in [5.74, 6) is 0.943. The number of hydrogen-bond acceptors (Lipinski definition) is 3. The van der Waals surface area contributed by atoms with E-state index in [0.29, 0.717) is 0 Å². The van der Waals surface area contributed by atoms with E-state index in [1.165, 1.54) is 0 Å². The number of anilines is 1. The van der Waals surface area contributed by atoms with Crippen molar-refractivity contribution >= 4 is 21.6 Å². The van der Waals surface area contributed by atoms with Gasteiger partial charge < -0.3 is 14.4 Å². The van der Waals surface area contributed by atoms with Gasteiger partial charge in [0.1, 0.15) is 5.75 Å². The van der Waals surface area contributed by atoms with Gasteiger partial charge in [0.25, 0.3) is 0 Å². The zero-order valence-electron chi connectivity index (χ0n) is 11.7. The first-order valence-electron chi connectivity index (χ1n) is 6.69. The van der Waals surface area contributed by atoms with Crippen molar-refractivity contribution in [1.29, 1.82) is 0 Å². The highest BCUT2D eigenvalue weighted by Gasteiger charge is 2.32. The van der Waals surface area contributed by atoms with Crippen LogP contribution in [0.3, 0.4) is 0 Å². The number of hydrogen-bond donors (Lipinski definition) is 0. The van der Waals surface area contributed by atoms with E-state index >= 15 is 0 Å². The maximum absolute atomic E-state index is 6.02. The summed E-state index contributed by atoms with van der Waals surface area (Å²) < 4.78 is 11.5. The molecule has 0 spiro atoms. The van der Waals surface area contributed by atoms with E-state index in [1.54, 1.807) is 0 Å². The van der Waals surface area contributed by atoms with Crippen LogP contribution < -0.4 is 9.64 Å². The van der Waals surface area contributed by atoms with Gasteiger partial charge in [-0.05, 0) is 25.0 Å². The molecule has 1 heterocycles. The van der Waals surface area contributed by atoms with E-state index in [9.17, 15) is 0 Å². The lowest BCUT2D eigenvalue weighted by Crippen LogP contribution is -2.36. The summed E-state index contributed by atoms with van der Waals surface area (Å²) in [7, 11) is 4.08. The number of ether oxygens (including phenoxy) is 2. The summed E-state index contributed by atoms with van der Waals surface area (Å²) in [5, 5.41) is 0.969. The largest absolute Gasteiger partial charge is 0.493 e. The highest BCUT2D eigenvalue weighted by atomic mass is 79.9. The Bertz CT molecular complexity index is 403. The quantitative estimate of drug-likeness (QED) is 0.774. The van der Waals surface area contributed by atoms with Gasteiger partial charge in [0.2, 0.25) is 0 Å². The van der Waals surface area contributed by atoms with Crippen molar-refractivity contribution in [2.24, 2.45) is 5.41 Å². The number of nitrogens with zero attached hydrogens (tertiary/aromatic N) is 1. The van der Waals surface area contributed by atoms with Crippen LogP contribution in [0, 0.1) is 5.41 Å². The van der Waals surface area contributed by atoms with Crippen LogP contribution >= 0.6 is 15.9 Å². The van der Waals surface area contributed by atoms with E-state index in [1.807, 2.05) is 26.2 Å². The smallest absolute Gasteiger partial charge is 0.121 e. The highest BCUT2D eigenvalue weighted by Crippen LogP contribution is 2.33. The molecule has 0 radical (unpaired) electrons. The van der Waals surface area contributed by atoms with Crippen LogP contribution in [0.15, 0.2) is 24.3 Å². The van der Waals surface area contributed by atoms with Gasteiger partial charge in [0, 0.05) is 49.8 Å². The third-order valence-corrected chi connectivity index (χ3v) is 4.91. The van der Waals surface area contributed by atoms with Crippen LogP contribution in [0.2, 0.25) is 0 Å². The Morgan fingerprint density at radius 1 is 1.32 bits per heavy atom. The molecule has 4 heteroatoms. The molecule has 0 saturated carbocycles. The summed E-state index contributed by atoms with van der Waals surface area (Å²) in [5.41, 5.74) is 1.38. The van der Waals surface area contributed by atoms with Gasteiger partial charge in [-0.3, -0.25) is 0 Å². The second-order valence-corrected chi connectivity index (χ2v) is 5.99. The Kier molecular flexibility index (Phi) is 5.11. The molecule has 0 unspecified atom stereocenters. The maximum atomic E-state index is 6.02. The predicted octanol–water partition coefficient (Wildman–Crippen LogP) is 3.32. The van der Waals surface area contributed by atoms with Crippen LogP contribution in [0.5, 0.6) is 5.75 Å². The predicted molar refractivity (Wildman–Crippen MR) is 82.5 cm³/mol. The lowest BCUT2D eigenvalue weighted by Gasteiger charge is -2.35. The third-order valence-electron chi connectivity index (χ3n) is 3.72. The molecule has 0 aromatic heterocycles. The molecular formula is C15H22BrNO2. The monoisotopic (exact) mass is 327 g/mol. The molecule has 1 aromatic rings. The fraction of sp³-hybridized carbons (Fsp3) is 0.600. The topological polar surface area (TPSA) is 21.7 Å². The Morgan fingerprint density at radius 2 is 2.05 bits per heavy atom. The van der Waals surface area contributed by atoms with Crippen LogP contribution in [0.25, 0.3) is 0 Å². The molecule has 106 valence electrons. The van der Waals surface area contributed by atoms with Crippen molar-refractivity contribution in [3.63, 3.8) is 0 Å². The molecule has 3 nitrogen and oxygen atoms in total. The van der Waals surface area contributed by atoms with Gasteiger partial charge in [-0.15, -0.1) is 0 Å². The summed E-state index contributed by atoms with van der Waals surface area (Å²) in [4.78, 5) is 2.08. The maximum Gasteiger partial charge on any atom is 0.121 e. The second-order valence-electron chi connectivity index (χ2n) is 5.43. The minimum atomic E-state index is 0.215. The fourth-order valence-corrected chi connectivity index (χ4v) is 2.93. The van der Waals surface area contributed by atoms with Crippen molar-refractivity contribution in [3.05, 3.63) is 24.3 Å². The molecule has 1 aliphatic rings. The van der Waals surface area contributed by atoms with E-state index < -0.39 is 0 Å². The molecule has 0 amide bonds. The fourth-order valence-electron chi connectivity index (χ4n) is 2.21. The Hall–Kier alpha value is -0.740. The summed E-state index contributed by atoms with van der Waals surface area (Å²) >= 11 is 3.64. The van der Waals surface area contributed by atoms with Gasteiger partial charge in [-0.2, -0.15) is 0 Å². The minimum Gasteiger partial charge on any atom is -0.493 e. The number of rotatable bonds is 5. The average molecular weight is 328 g/mol. The van der Waals surface area contributed by atoms with Crippen LogP contribution in [0.1, 0.15) is 12.8 Å². The first kappa shape index (κ1) is 14.7. The first-order chi connectivity index (χ1) is 9.15. The summed E-state index contributed by atoms with van der Waals surface area (Å²) in [6.07, 6.45) is 2.12. The Morgan fingerprint density at radius 3 is 2.68 bits per heavy atom. The lowest BCUT2D eigenvalue weighted by atomic mass is 9.83. The highest BCUT2D eigenvalue weighted by molar-refractivity contribution is 9.09. The number of halogens is 1. The van der Waals surface area contributed by atoms with E-state index in [-0.39, 0.29) is 5.41 Å². The van der Waals surface area contributed by atoms with E-state index in [0.717, 1.165) is 49.4 Å². The molecule has 0 bridgehead atoms. The van der Waals surface area contributed by atoms with Crippen LogP contribution in [0.4, 0.5) is 5.69 Å². The summed E-state index contributed by atoms with van der Waals surface area (Å²) in [6, 6.07) is 8.23. The molecule has 0 aliphatic carbocycles. The molecule has 0 N–H and O–H groups in total. The van der Waals surface area contributed by atoms with Gasteiger partial charge in [0.15, 0.2) is 0 Å². The molecule has 1 fully saturated rings. The molecule has 1 saturated heterocycles. The van der Waals surface area contributed by atoms with Gasteiger partial charge >= 0.3 is 0 Å². The minimum absolute atomic E-state index is 0.215. The van der Waals surface area contributed by atoms with E-state index in [2.05, 4.69) is 33.0 Å². The van der Waals surface area contributed by atoms with Crippen LogP contribution in [-0.2, 0) is 4.74 Å². The van der Waals surface area contributed by atoms with Gasteiger partial charge in [-0.1, -0.05) is 22.0 Å². The molecule has 19 heavy (non-hydrogen) atoms. The molecule has 2 rings (SSSR count). The van der Waals surface area contributed by atoms with Gasteiger partial charge in [-0.25, -0.2) is 0 Å². The van der Waals surface area contributed by atoms with Crippen LogP contribution in [-0.4, -0.2) is 39.2 Å². The van der Waals surface area contributed by atoms with Crippen molar-refractivity contribution < 1.29 is 9.47 Å². The second kappa shape index (κ2) is 6.62. The molecule has 0 atom stereocenters. The number of benzene rings is 1. The first-order valence-corrected chi connectivity index (χ1v) is 7.81. The summed E-state index contributed by atoms with van der Waals surface area (Å²) in [6.45, 7) is 2.43. The van der Waals surface area contributed by atoms with Crippen molar-refractivity contribution in [2.75, 3.05) is 44.1 Å². The van der Waals surface area contributed by atoms with Crippen molar-refractivity contribution in [2.45, 2.75) is 12.8 Å². The van der Waals surface area contributed by atoms with Crippen molar-refractivity contribution in [3.8, 4) is 5.75 Å². The zero-order valence-corrected chi connectivity index (χ0v) is 13.3. The Labute approximate surface area is 124 Å². The van der Waals surface area contributed by atoms with Gasteiger partial charge in [0.05, 0.1) is 6.61 Å².